The maximum absolute atomic E-state index is 9.04. The maximum atomic E-state index is 9.04. The van der Waals surface area contributed by atoms with Crippen LogP contribution in [0.15, 0.2) is 6.07 Å². The molecule has 1 unspecified atom stereocenters. The Morgan fingerprint density at radius 3 is 2.89 bits per heavy atom. The number of hydrogen-bond acceptors (Lipinski definition) is 5. The van der Waals surface area contributed by atoms with Crippen LogP contribution in [0.25, 0.3) is 0 Å². The third kappa shape index (κ3) is 2.85. The first-order chi connectivity index (χ1) is 9.26. The summed E-state index contributed by atoms with van der Waals surface area (Å²) in [6.45, 7) is 3.99. The molecule has 2 heterocycles. The summed E-state index contributed by atoms with van der Waals surface area (Å²) < 4.78 is 0. The molecule has 0 radical (unpaired) electrons. The van der Waals surface area contributed by atoms with E-state index < -0.39 is 0 Å². The number of nitrogens with one attached hydrogen (secondary N) is 1. The van der Waals surface area contributed by atoms with Crippen molar-refractivity contribution in [3.05, 3.63) is 17.5 Å². The predicted molar refractivity (Wildman–Crippen MR) is 72.9 cm³/mol. The highest BCUT2D eigenvalue weighted by Gasteiger charge is 2.33. The molecule has 1 N–H and O–H groups in total. The zero-order valence-corrected chi connectivity index (χ0v) is 11.3. The van der Waals surface area contributed by atoms with Gasteiger partial charge in [0.2, 0.25) is 5.95 Å². The summed E-state index contributed by atoms with van der Waals surface area (Å²) in [5.41, 5.74) is 1.33. The molecule has 1 aliphatic carbocycles. The Labute approximate surface area is 113 Å². The molecule has 1 atom stereocenters. The Hall–Kier alpha value is -1.67. The number of aromatic nitrogens is 2. The normalized spacial score (nSPS) is 22.2. The summed E-state index contributed by atoms with van der Waals surface area (Å²) in [6, 6.07) is 4.96. The van der Waals surface area contributed by atoms with E-state index in [1.165, 1.54) is 25.7 Å². The van der Waals surface area contributed by atoms with Crippen LogP contribution in [-0.2, 0) is 0 Å². The fourth-order valence-corrected chi connectivity index (χ4v) is 2.67. The predicted octanol–water partition coefficient (Wildman–Crippen LogP) is 1.38. The molecule has 0 bridgehead atoms. The van der Waals surface area contributed by atoms with E-state index in [9.17, 15) is 0 Å². The lowest BCUT2D eigenvalue weighted by Crippen LogP contribution is -2.40. The van der Waals surface area contributed by atoms with Gasteiger partial charge in [0.1, 0.15) is 11.8 Å². The van der Waals surface area contributed by atoms with Crippen LogP contribution in [-0.4, -0.2) is 35.1 Å². The number of nitrogens with zero attached hydrogens (tertiary/aromatic N) is 4. The molecule has 1 saturated carbocycles. The van der Waals surface area contributed by atoms with Crippen LogP contribution in [0.1, 0.15) is 37.1 Å². The van der Waals surface area contributed by atoms with Crippen LogP contribution < -0.4 is 10.2 Å². The smallest absolute Gasteiger partial charge is 0.227 e. The van der Waals surface area contributed by atoms with E-state index >= 15 is 0 Å². The standard InChI is InChI=1S/C14H19N5/c1-10-7-12(8-15)18-14(17-10)19(13-4-5-13)9-11-3-2-6-16-11/h7,11,13,16H,2-6,9H2,1H3. The zero-order valence-electron chi connectivity index (χ0n) is 11.3. The number of anilines is 1. The topological polar surface area (TPSA) is 64.8 Å². The van der Waals surface area contributed by atoms with Gasteiger partial charge in [0.25, 0.3) is 0 Å². The molecule has 2 aliphatic rings. The third-order valence-corrected chi connectivity index (χ3v) is 3.78. The van der Waals surface area contributed by atoms with Gasteiger partial charge >= 0.3 is 0 Å². The lowest BCUT2D eigenvalue weighted by molar-refractivity contribution is 0.571. The lowest BCUT2D eigenvalue weighted by atomic mass is 10.2. The number of aryl methyl sites for hydroxylation is 1. The molecule has 0 aromatic carbocycles. The number of nitriles is 1. The average Bonchev–Trinajstić information content (AvgIpc) is 3.12. The Kier molecular flexibility index (Phi) is 3.34. The second-order valence-corrected chi connectivity index (χ2v) is 5.48. The quantitative estimate of drug-likeness (QED) is 0.882. The fraction of sp³-hybridized carbons (Fsp3) is 0.643. The summed E-state index contributed by atoms with van der Waals surface area (Å²) in [7, 11) is 0. The summed E-state index contributed by atoms with van der Waals surface area (Å²) in [4.78, 5) is 11.2. The van der Waals surface area contributed by atoms with Crippen LogP contribution in [0.3, 0.4) is 0 Å². The summed E-state index contributed by atoms with van der Waals surface area (Å²) >= 11 is 0. The van der Waals surface area contributed by atoms with Gasteiger partial charge in [-0.05, 0) is 45.2 Å². The highest BCUT2D eigenvalue weighted by atomic mass is 15.3. The number of hydrogen-bond donors (Lipinski definition) is 1. The molecule has 1 saturated heterocycles. The van der Waals surface area contributed by atoms with Crippen LogP contribution in [0.4, 0.5) is 5.95 Å². The molecule has 1 aromatic heterocycles. The van der Waals surface area contributed by atoms with Crippen molar-refractivity contribution in [2.24, 2.45) is 0 Å². The molecule has 0 spiro atoms. The molecule has 3 rings (SSSR count). The molecule has 1 aromatic rings. The monoisotopic (exact) mass is 257 g/mol. The van der Waals surface area contributed by atoms with E-state index in [4.69, 9.17) is 5.26 Å². The zero-order chi connectivity index (χ0) is 13.2. The van der Waals surface area contributed by atoms with Crippen molar-refractivity contribution < 1.29 is 0 Å². The van der Waals surface area contributed by atoms with Gasteiger partial charge in [0.15, 0.2) is 0 Å². The van der Waals surface area contributed by atoms with Gasteiger partial charge < -0.3 is 10.2 Å². The van der Waals surface area contributed by atoms with Gasteiger partial charge in [-0.15, -0.1) is 0 Å². The van der Waals surface area contributed by atoms with Gasteiger partial charge in [-0.1, -0.05) is 0 Å². The first-order valence-electron chi connectivity index (χ1n) is 7.02. The minimum absolute atomic E-state index is 0.465. The Morgan fingerprint density at radius 1 is 1.42 bits per heavy atom. The van der Waals surface area contributed by atoms with Crippen molar-refractivity contribution in [1.82, 2.24) is 15.3 Å². The van der Waals surface area contributed by atoms with Crippen LogP contribution in [0.5, 0.6) is 0 Å². The minimum atomic E-state index is 0.465. The van der Waals surface area contributed by atoms with E-state index in [1.54, 1.807) is 6.07 Å². The molecule has 5 nitrogen and oxygen atoms in total. The van der Waals surface area contributed by atoms with E-state index in [0.29, 0.717) is 17.8 Å². The van der Waals surface area contributed by atoms with E-state index in [-0.39, 0.29) is 0 Å². The molecular formula is C14H19N5. The average molecular weight is 257 g/mol. The fourth-order valence-electron chi connectivity index (χ4n) is 2.67. The molecule has 5 heteroatoms. The van der Waals surface area contributed by atoms with Crippen LogP contribution >= 0.6 is 0 Å². The van der Waals surface area contributed by atoms with Crippen LogP contribution in [0, 0.1) is 18.3 Å². The van der Waals surface area contributed by atoms with Crippen molar-refractivity contribution >= 4 is 5.95 Å². The molecule has 0 amide bonds. The van der Waals surface area contributed by atoms with Crippen molar-refractivity contribution in [3.8, 4) is 6.07 Å². The second kappa shape index (κ2) is 5.14. The van der Waals surface area contributed by atoms with E-state index in [2.05, 4.69) is 26.3 Å². The largest absolute Gasteiger partial charge is 0.336 e. The molecular weight excluding hydrogens is 238 g/mol. The summed E-state index contributed by atoms with van der Waals surface area (Å²) in [5.74, 6) is 0.729. The summed E-state index contributed by atoms with van der Waals surface area (Å²) in [6.07, 6.45) is 4.90. The van der Waals surface area contributed by atoms with Crippen molar-refractivity contribution in [3.63, 3.8) is 0 Å². The second-order valence-electron chi connectivity index (χ2n) is 5.48. The highest BCUT2D eigenvalue weighted by Crippen LogP contribution is 2.30. The molecule has 19 heavy (non-hydrogen) atoms. The van der Waals surface area contributed by atoms with Gasteiger partial charge in [-0.25, -0.2) is 9.97 Å². The third-order valence-electron chi connectivity index (χ3n) is 3.78. The van der Waals surface area contributed by atoms with Crippen molar-refractivity contribution in [2.45, 2.75) is 44.7 Å². The van der Waals surface area contributed by atoms with Gasteiger partial charge in [-0.2, -0.15) is 5.26 Å². The van der Waals surface area contributed by atoms with E-state index in [0.717, 1.165) is 24.7 Å². The molecule has 100 valence electrons. The summed E-state index contributed by atoms with van der Waals surface area (Å²) in [5, 5.41) is 12.6. The first kappa shape index (κ1) is 12.4. The van der Waals surface area contributed by atoms with E-state index in [1.807, 2.05) is 6.92 Å². The highest BCUT2D eigenvalue weighted by molar-refractivity contribution is 5.39. The molecule has 2 fully saturated rings. The Balaban J connectivity index is 1.82. The number of rotatable bonds is 4. The van der Waals surface area contributed by atoms with Crippen LogP contribution in [0.2, 0.25) is 0 Å². The van der Waals surface area contributed by atoms with Crippen molar-refractivity contribution in [2.75, 3.05) is 18.0 Å². The molecule has 1 aliphatic heterocycles. The maximum Gasteiger partial charge on any atom is 0.227 e. The Morgan fingerprint density at radius 2 is 2.26 bits per heavy atom. The minimum Gasteiger partial charge on any atom is -0.336 e. The first-order valence-corrected chi connectivity index (χ1v) is 7.02. The SMILES string of the molecule is Cc1cc(C#N)nc(N(CC2CCCN2)C2CC2)n1. The van der Waals surface area contributed by atoms with Gasteiger partial charge in [-0.3, -0.25) is 0 Å². The van der Waals surface area contributed by atoms with Gasteiger partial charge in [0, 0.05) is 24.3 Å². The lowest BCUT2D eigenvalue weighted by Gasteiger charge is -2.26. The van der Waals surface area contributed by atoms with Gasteiger partial charge in [0.05, 0.1) is 0 Å². The Bertz CT molecular complexity index is 497. The van der Waals surface area contributed by atoms with Crippen molar-refractivity contribution in [1.29, 1.82) is 5.26 Å².